The minimum Gasteiger partial charge on any atom is -0.385 e. The lowest BCUT2D eigenvalue weighted by Gasteiger charge is -2.04. The van der Waals surface area contributed by atoms with Crippen LogP contribution in [0, 0.1) is 0 Å². The Bertz CT molecular complexity index is 669. The Kier molecular flexibility index (Phi) is 5.85. The van der Waals surface area contributed by atoms with Gasteiger partial charge in [0.2, 0.25) is 11.8 Å². The molecule has 1 aromatic carbocycles. The molecular formula is C15H19N3O3S. The molecule has 0 bridgehead atoms. The van der Waals surface area contributed by atoms with Crippen molar-refractivity contribution in [2.75, 3.05) is 25.6 Å². The van der Waals surface area contributed by atoms with Gasteiger partial charge in [-0.15, -0.1) is 0 Å². The maximum absolute atomic E-state index is 11.8. The molecule has 0 aliphatic rings. The summed E-state index contributed by atoms with van der Waals surface area (Å²) in [7, 11) is 1.64. The number of nitrogens with one attached hydrogen (secondary N) is 2. The maximum atomic E-state index is 11.8. The molecule has 118 valence electrons. The van der Waals surface area contributed by atoms with E-state index in [1.54, 1.807) is 7.11 Å². The number of nitrogens with zero attached hydrogens (tertiary/aromatic N) is 1. The average molecular weight is 321 g/mol. The van der Waals surface area contributed by atoms with E-state index in [4.69, 9.17) is 4.74 Å². The third kappa shape index (κ3) is 4.78. The molecule has 2 rings (SSSR count). The van der Waals surface area contributed by atoms with E-state index in [1.165, 1.54) is 18.3 Å². The Morgan fingerprint density at radius 1 is 1.36 bits per heavy atom. The van der Waals surface area contributed by atoms with Crippen LogP contribution >= 0.6 is 11.3 Å². The van der Waals surface area contributed by atoms with E-state index in [-0.39, 0.29) is 11.8 Å². The van der Waals surface area contributed by atoms with Gasteiger partial charge in [-0.25, -0.2) is 4.98 Å². The molecule has 2 amide bonds. The minimum atomic E-state index is -0.144. The molecule has 0 saturated carbocycles. The van der Waals surface area contributed by atoms with Gasteiger partial charge >= 0.3 is 0 Å². The summed E-state index contributed by atoms with van der Waals surface area (Å²) < 4.78 is 5.89. The molecule has 0 unspecified atom stereocenters. The number of aromatic nitrogens is 1. The van der Waals surface area contributed by atoms with Gasteiger partial charge in [-0.2, -0.15) is 0 Å². The van der Waals surface area contributed by atoms with Crippen LogP contribution < -0.4 is 10.6 Å². The largest absolute Gasteiger partial charge is 0.385 e. The number of hydrogen-bond acceptors (Lipinski definition) is 5. The van der Waals surface area contributed by atoms with Gasteiger partial charge in [-0.05, 0) is 24.1 Å². The van der Waals surface area contributed by atoms with Crippen LogP contribution in [0.1, 0.15) is 18.9 Å². The van der Waals surface area contributed by atoms with Crippen LogP contribution in [0.3, 0.4) is 0 Å². The average Bonchev–Trinajstić information content (AvgIpc) is 2.84. The summed E-state index contributed by atoms with van der Waals surface area (Å²) in [6.07, 6.45) is 1.13. The number of fused-ring (bicyclic) bond motifs is 1. The highest BCUT2D eigenvalue weighted by atomic mass is 32.1. The molecule has 1 heterocycles. The van der Waals surface area contributed by atoms with Gasteiger partial charge in [0.05, 0.1) is 16.6 Å². The van der Waals surface area contributed by atoms with Crippen molar-refractivity contribution in [2.24, 2.45) is 0 Å². The molecular weight excluding hydrogens is 302 g/mol. The van der Waals surface area contributed by atoms with Crippen LogP contribution in [0.4, 0.5) is 5.13 Å². The molecule has 0 radical (unpaired) electrons. The lowest BCUT2D eigenvalue weighted by Crippen LogP contribution is -2.26. The lowest BCUT2D eigenvalue weighted by molar-refractivity contribution is -0.120. The zero-order chi connectivity index (χ0) is 15.9. The Balaban J connectivity index is 1.97. The molecule has 2 aromatic rings. The van der Waals surface area contributed by atoms with Gasteiger partial charge in [0.25, 0.3) is 0 Å². The zero-order valence-electron chi connectivity index (χ0n) is 12.6. The Labute approximate surface area is 132 Å². The lowest BCUT2D eigenvalue weighted by atomic mass is 10.1. The second kappa shape index (κ2) is 7.86. The standard InChI is InChI=1S/C15H19N3O3S/c1-10(19)17-15-18-12-5-4-11(8-13(12)22-15)9-14(20)16-6-3-7-21-2/h4-5,8H,3,6-7,9H2,1-2H3,(H,16,20)(H,17,18,19). The van der Waals surface area contributed by atoms with E-state index >= 15 is 0 Å². The van der Waals surface area contributed by atoms with E-state index in [0.717, 1.165) is 22.2 Å². The third-order valence-corrected chi connectivity index (χ3v) is 3.88. The van der Waals surface area contributed by atoms with Gasteiger partial charge in [-0.1, -0.05) is 17.4 Å². The van der Waals surface area contributed by atoms with E-state index in [2.05, 4.69) is 15.6 Å². The number of amides is 2. The van der Waals surface area contributed by atoms with Crippen molar-refractivity contribution in [2.45, 2.75) is 19.8 Å². The Morgan fingerprint density at radius 2 is 2.18 bits per heavy atom. The molecule has 0 fully saturated rings. The fraction of sp³-hybridized carbons (Fsp3) is 0.400. The minimum absolute atomic E-state index is 0.0120. The van der Waals surface area contributed by atoms with Crippen molar-refractivity contribution in [3.63, 3.8) is 0 Å². The predicted octanol–water partition coefficient (Wildman–Crippen LogP) is 1.95. The molecule has 0 aliphatic carbocycles. The molecule has 6 nitrogen and oxygen atoms in total. The quantitative estimate of drug-likeness (QED) is 0.764. The maximum Gasteiger partial charge on any atom is 0.224 e. The number of rotatable bonds is 7. The third-order valence-electron chi connectivity index (χ3n) is 2.95. The highest BCUT2D eigenvalue weighted by Crippen LogP contribution is 2.26. The fourth-order valence-corrected chi connectivity index (χ4v) is 2.95. The molecule has 1 aromatic heterocycles. The Hall–Kier alpha value is -1.99. The van der Waals surface area contributed by atoms with E-state index in [9.17, 15) is 9.59 Å². The van der Waals surface area contributed by atoms with Gasteiger partial charge in [-0.3, -0.25) is 9.59 Å². The summed E-state index contributed by atoms with van der Waals surface area (Å²) in [5.74, 6) is -0.156. The summed E-state index contributed by atoms with van der Waals surface area (Å²) in [4.78, 5) is 27.2. The van der Waals surface area contributed by atoms with E-state index < -0.39 is 0 Å². The van der Waals surface area contributed by atoms with Crippen molar-refractivity contribution in [3.05, 3.63) is 23.8 Å². The number of carbonyl (C=O) groups is 2. The normalized spacial score (nSPS) is 10.6. The highest BCUT2D eigenvalue weighted by Gasteiger charge is 2.08. The number of ether oxygens (including phenoxy) is 1. The van der Waals surface area contributed by atoms with E-state index in [0.29, 0.717) is 24.7 Å². The number of anilines is 1. The van der Waals surface area contributed by atoms with Crippen molar-refractivity contribution in [1.82, 2.24) is 10.3 Å². The smallest absolute Gasteiger partial charge is 0.224 e. The van der Waals surface area contributed by atoms with Crippen LogP contribution in [0.25, 0.3) is 10.2 Å². The van der Waals surface area contributed by atoms with Gasteiger partial charge in [0, 0.05) is 27.2 Å². The molecule has 0 spiro atoms. The summed E-state index contributed by atoms with van der Waals surface area (Å²) in [6, 6.07) is 5.69. The van der Waals surface area contributed by atoms with Gasteiger partial charge in [0.15, 0.2) is 5.13 Å². The summed E-state index contributed by atoms with van der Waals surface area (Å²) >= 11 is 1.40. The number of thiazole rings is 1. The van der Waals surface area contributed by atoms with Crippen LogP contribution in [0.5, 0.6) is 0 Å². The molecule has 22 heavy (non-hydrogen) atoms. The molecule has 0 aliphatic heterocycles. The van der Waals surface area contributed by atoms with Crippen LogP contribution in [-0.4, -0.2) is 37.1 Å². The highest BCUT2D eigenvalue weighted by molar-refractivity contribution is 7.22. The SMILES string of the molecule is COCCCNC(=O)Cc1ccc2nc(NC(C)=O)sc2c1. The molecule has 2 N–H and O–H groups in total. The van der Waals surface area contributed by atoms with Gasteiger partial charge < -0.3 is 15.4 Å². The van der Waals surface area contributed by atoms with Crippen LogP contribution in [-0.2, 0) is 20.7 Å². The predicted molar refractivity (Wildman–Crippen MR) is 87.1 cm³/mol. The Morgan fingerprint density at radius 3 is 2.91 bits per heavy atom. The van der Waals surface area contributed by atoms with E-state index in [1.807, 2.05) is 18.2 Å². The summed E-state index contributed by atoms with van der Waals surface area (Å²) in [6.45, 7) is 2.70. The number of benzene rings is 1. The van der Waals surface area contributed by atoms with Crippen molar-refractivity contribution >= 4 is 38.5 Å². The molecule has 7 heteroatoms. The topological polar surface area (TPSA) is 80.3 Å². The van der Waals surface area contributed by atoms with Crippen molar-refractivity contribution < 1.29 is 14.3 Å². The van der Waals surface area contributed by atoms with Crippen LogP contribution in [0.2, 0.25) is 0 Å². The summed E-state index contributed by atoms with van der Waals surface area (Å²) in [5, 5.41) is 6.10. The summed E-state index contributed by atoms with van der Waals surface area (Å²) in [5.41, 5.74) is 1.74. The first-order valence-corrected chi connectivity index (χ1v) is 7.83. The fourth-order valence-electron chi connectivity index (χ4n) is 1.98. The zero-order valence-corrected chi connectivity index (χ0v) is 13.5. The second-order valence-corrected chi connectivity index (χ2v) is 5.91. The van der Waals surface area contributed by atoms with Crippen molar-refractivity contribution in [3.8, 4) is 0 Å². The first-order chi connectivity index (χ1) is 10.6. The molecule has 0 atom stereocenters. The number of methoxy groups -OCH3 is 1. The molecule has 0 saturated heterocycles. The number of hydrogen-bond donors (Lipinski definition) is 2. The first-order valence-electron chi connectivity index (χ1n) is 7.01. The van der Waals surface area contributed by atoms with Crippen molar-refractivity contribution in [1.29, 1.82) is 0 Å². The first kappa shape index (κ1) is 16.4. The second-order valence-electron chi connectivity index (χ2n) is 4.88. The van der Waals surface area contributed by atoms with Crippen LogP contribution in [0.15, 0.2) is 18.2 Å². The van der Waals surface area contributed by atoms with Gasteiger partial charge in [0.1, 0.15) is 0 Å². The number of carbonyl (C=O) groups excluding carboxylic acids is 2. The monoisotopic (exact) mass is 321 g/mol.